The average molecular weight is 219 g/mol. The van der Waals surface area contributed by atoms with E-state index in [1.807, 2.05) is 30.3 Å². The summed E-state index contributed by atoms with van der Waals surface area (Å²) in [6.45, 7) is 2.78. The number of nitrogens with two attached hydrogens (primary N) is 1. The highest BCUT2D eigenvalue weighted by Gasteiger charge is 1.96. The summed E-state index contributed by atoms with van der Waals surface area (Å²) in [6, 6.07) is 7.90. The molecule has 3 heteroatoms. The molecule has 0 atom stereocenters. The summed E-state index contributed by atoms with van der Waals surface area (Å²) in [5, 5.41) is 0. The van der Waals surface area contributed by atoms with Gasteiger partial charge in [-0.05, 0) is 18.1 Å². The molecule has 0 spiro atoms. The molecule has 0 aromatic heterocycles. The van der Waals surface area contributed by atoms with Crippen molar-refractivity contribution in [3.63, 3.8) is 0 Å². The van der Waals surface area contributed by atoms with Crippen molar-refractivity contribution in [1.29, 1.82) is 0 Å². The zero-order chi connectivity index (χ0) is 11.8. The monoisotopic (exact) mass is 219 g/mol. The average Bonchev–Trinajstić information content (AvgIpc) is 2.30. The van der Waals surface area contributed by atoms with Crippen molar-refractivity contribution in [3.8, 4) is 0 Å². The van der Waals surface area contributed by atoms with E-state index in [1.54, 1.807) is 13.0 Å². The highest BCUT2D eigenvalue weighted by molar-refractivity contribution is 5.72. The lowest BCUT2D eigenvalue weighted by atomic mass is 10.1. The Balaban J connectivity index is 2.46. The van der Waals surface area contributed by atoms with Gasteiger partial charge in [0, 0.05) is 6.54 Å². The van der Waals surface area contributed by atoms with Crippen LogP contribution in [0.5, 0.6) is 0 Å². The molecule has 1 aromatic carbocycles. The molecule has 0 aliphatic rings. The molecule has 0 bridgehead atoms. The van der Waals surface area contributed by atoms with Crippen molar-refractivity contribution in [3.05, 3.63) is 41.5 Å². The molecule has 3 nitrogen and oxygen atoms in total. The number of hydrogen-bond donors (Lipinski definition) is 1. The van der Waals surface area contributed by atoms with Crippen LogP contribution in [0.2, 0.25) is 0 Å². The first-order valence-electron chi connectivity index (χ1n) is 5.37. The van der Waals surface area contributed by atoms with E-state index in [0.29, 0.717) is 19.6 Å². The maximum Gasteiger partial charge on any atom is 0.309 e. The smallest absolute Gasteiger partial charge is 0.309 e. The molecule has 1 rings (SSSR count). The Kier molecular flexibility index (Phi) is 5.29. The maximum absolute atomic E-state index is 11.0. The van der Waals surface area contributed by atoms with Gasteiger partial charge >= 0.3 is 5.97 Å². The second-order valence-corrected chi connectivity index (χ2v) is 3.36. The van der Waals surface area contributed by atoms with Gasteiger partial charge in [0.15, 0.2) is 0 Å². The number of hydrogen-bond acceptors (Lipinski definition) is 3. The van der Waals surface area contributed by atoms with Crippen molar-refractivity contribution in [1.82, 2.24) is 0 Å². The fourth-order valence-corrected chi connectivity index (χ4v) is 1.28. The second kappa shape index (κ2) is 6.80. The number of carbonyl (C=O) groups is 1. The Hall–Kier alpha value is -1.61. The van der Waals surface area contributed by atoms with Crippen molar-refractivity contribution in [2.75, 3.05) is 6.61 Å². The van der Waals surface area contributed by atoms with Crippen LogP contribution >= 0.6 is 0 Å². The van der Waals surface area contributed by atoms with Crippen LogP contribution in [-0.4, -0.2) is 12.6 Å². The molecule has 86 valence electrons. The molecule has 0 aliphatic heterocycles. The second-order valence-electron chi connectivity index (χ2n) is 3.36. The molecule has 0 fully saturated rings. The van der Waals surface area contributed by atoms with E-state index in [0.717, 1.165) is 11.1 Å². The minimum Gasteiger partial charge on any atom is -0.466 e. The summed E-state index contributed by atoms with van der Waals surface area (Å²) in [5.74, 6) is -0.197. The van der Waals surface area contributed by atoms with Gasteiger partial charge in [-0.3, -0.25) is 4.79 Å². The molecular formula is C13H17NO2. The predicted molar refractivity (Wildman–Crippen MR) is 64.6 cm³/mol. The molecule has 0 heterocycles. The van der Waals surface area contributed by atoms with Gasteiger partial charge in [-0.2, -0.15) is 0 Å². The Morgan fingerprint density at radius 3 is 2.62 bits per heavy atom. The molecule has 0 saturated heterocycles. The fraction of sp³-hybridized carbons (Fsp3) is 0.308. The van der Waals surface area contributed by atoms with Crippen molar-refractivity contribution in [2.45, 2.75) is 19.9 Å². The van der Waals surface area contributed by atoms with Crippen molar-refractivity contribution < 1.29 is 9.53 Å². The van der Waals surface area contributed by atoms with E-state index in [1.165, 1.54) is 0 Å². The van der Waals surface area contributed by atoms with Gasteiger partial charge < -0.3 is 10.5 Å². The summed E-state index contributed by atoms with van der Waals surface area (Å²) in [6.07, 6.45) is 4.01. The molecule has 1 aromatic rings. The van der Waals surface area contributed by atoms with Gasteiger partial charge in [-0.15, -0.1) is 0 Å². The van der Waals surface area contributed by atoms with Gasteiger partial charge in [0.1, 0.15) is 0 Å². The third kappa shape index (κ3) is 4.28. The number of esters is 1. The minimum atomic E-state index is -0.197. The Bertz CT molecular complexity index is 355. The summed E-state index contributed by atoms with van der Waals surface area (Å²) >= 11 is 0. The number of carbonyl (C=O) groups excluding carboxylic acids is 1. The number of ether oxygens (including phenoxy) is 1. The highest BCUT2D eigenvalue weighted by atomic mass is 16.5. The lowest BCUT2D eigenvalue weighted by Crippen LogP contribution is -2.01. The number of benzene rings is 1. The van der Waals surface area contributed by atoms with Gasteiger partial charge in [0.2, 0.25) is 0 Å². The molecule has 16 heavy (non-hydrogen) atoms. The van der Waals surface area contributed by atoms with Crippen LogP contribution < -0.4 is 5.73 Å². The van der Waals surface area contributed by atoms with Crippen molar-refractivity contribution in [2.24, 2.45) is 5.73 Å². The van der Waals surface area contributed by atoms with Crippen LogP contribution in [-0.2, 0) is 16.1 Å². The van der Waals surface area contributed by atoms with Gasteiger partial charge in [-0.1, -0.05) is 36.4 Å². The van der Waals surface area contributed by atoms with E-state index in [4.69, 9.17) is 10.5 Å². The standard InChI is InChI=1S/C13H17NO2/c1-2-16-13(15)5-3-4-11-6-8-12(10-14)9-7-11/h3-4,6-9H,2,5,10,14H2,1H3. The molecule has 2 N–H and O–H groups in total. The highest BCUT2D eigenvalue weighted by Crippen LogP contribution is 2.06. The third-order valence-corrected chi connectivity index (χ3v) is 2.12. The maximum atomic E-state index is 11.0. The summed E-state index contributed by atoms with van der Waals surface area (Å²) in [7, 11) is 0. The van der Waals surface area contributed by atoms with Gasteiger partial charge in [0.25, 0.3) is 0 Å². The first-order valence-corrected chi connectivity index (χ1v) is 5.37. The Labute approximate surface area is 95.9 Å². The normalized spacial score (nSPS) is 10.6. The molecule has 0 aliphatic carbocycles. The zero-order valence-electron chi connectivity index (χ0n) is 9.48. The van der Waals surface area contributed by atoms with Crippen LogP contribution in [0.1, 0.15) is 24.5 Å². The molecule has 0 saturated carbocycles. The Morgan fingerprint density at radius 1 is 1.38 bits per heavy atom. The molecule has 0 amide bonds. The van der Waals surface area contributed by atoms with Crippen LogP contribution in [0.15, 0.2) is 30.3 Å². The van der Waals surface area contributed by atoms with E-state index < -0.39 is 0 Å². The summed E-state index contributed by atoms with van der Waals surface area (Å²) in [5.41, 5.74) is 7.65. The van der Waals surface area contributed by atoms with Crippen molar-refractivity contribution >= 4 is 12.0 Å². The predicted octanol–water partition coefficient (Wildman–Crippen LogP) is 2.11. The number of rotatable bonds is 5. The first kappa shape index (κ1) is 12.5. The van der Waals surface area contributed by atoms with E-state index in [2.05, 4.69) is 0 Å². The third-order valence-electron chi connectivity index (χ3n) is 2.12. The topological polar surface area (TPSA) is 52.3 Å². The largest absolute Gasteiger partial charge is 0.466 e. The first-order chi connectivity index (χ1) is 7.76. The fourth-order valence-electron chi connectivity index (χ4n) is 1.28. The van der Waals surface area contributed by atoms with E-state index in [-0.39, 0.29) is 5.97 Å². The molecule has 0 radical (unpaired) electrons. The lowest BCUT2D eigenvalue weighted by Gasteiger charge is -1.98. The van der Waals surface area contributed by atoms with E-state index in [9.17, 15) is 4.79 Å². The van der Waals surface area contributed by atoms with Crippen LogP contribution in [0.3, 0.4) is 0 Å². The molecular weight excluding hydrogens is 202 g/mol. The Morgan fingerprint density at radius 2 is 2.06 bits per heavy atom. The molecule has 0 unspecified atom stereocenters. The zero-order valence-corrected chi connectivity index (χ0v) is 9.48. The minimum absolute atomic E-state index is 0.197. The van der Waals surface area contributed by atoms with Crippen LogP contribution in [0, 0.1) is 0 Å². The van der Waals surface area contributed by atoms with Crippen LogP contribution in [0.25, 0.3) is 6.08 Å². The summed E-state index contributed by atoms with van der Waals surface area (Å²) in [4.78, 5) is 11.0. The SMILES string of the molecule is CCOC(=O)CC=Cc1ccc(CN)cc1. The van der Waals surface area contributed by atoms with Gasteiger partial charge in [0.05, 0.1) is 13.0 Å². The summed E-state index contributed by atoms with van der Waals surface area (Å²) < 4.78 is 4.81. The quantitative estimate of drug-likeness (QED) is 0.772. The van der Waals surface area contributed by atoms with Gasteiger partial charge in [-0.25, -0.2) is 0 Å². The lowest BCUT2D eigenvalue weighted by molar-refractivity contribution is -0.142. The van der Waals surface area contributed by atoms with E-state index >= 15 is 0 Å². The van der Waals surface area contributed by atoms with Crippen LogP contribution in [0.4, 0.5) is 0 Å².